The Balaban J connectivity index is 2.07. The molecule has 1 aromatic rings. The molecule has 1 aromatic heterocycles. The molecule has 1 aliphatic rings. The minimum Gasteiger partial charge on any atom is -0.347 e. The summed E-state index contributed by atoms with van der Waals surface area (Å²) in [4.78, 5) is 19.3. The maximum atomic E-state index is 12.3. The lowest BCUT2D eigenvalue weighted by Crippen LogP contribution is -2.51. The van der Waals surface area contributed by atoms with E-state index in [1.165, 1.54) is 4.31 Å². The number of rotatable bonds is 4. The summed E-state index contributed by atoms with van der Waals surface area (Å²) >= 11 is 0. The number of amides is 1. The summed E-state index contributed by atoms with van der Waals surface area (Å²) < 4.78 is 24.8. The zero-order chi connectivity index (χ0) is 14.8. The van der Waals surface area contributed by atoms with Crippen LogP contribution in [0.4, 0.5) is 0 Å². The molecule has 0 saturated carbocycles. The van der Waals surface area contributed by atoms with E-state index < -0.39 is 16.1 Å². The number of H-pyrrole nitrogens is 1. The Labute approximate surface area is 118 Å². The number of piperidine rings is 1. The molecule has 1 saturated heterocycles. The molecular formula is C12H20N4O3S. The first-order valence-corrected chi connectivity index (χ1v) is 8.51. The van der Waals surface area contributed by atoms with Gasteiger partial charge >= 0.3 is 0 Å². The van der Waals surface area contributed by atoms with Crippen LogP contribution in [0, 0.1) is 0 Å². The lowest BCUT2D eigenvalue weighted by Gasteiger charge is -2.33. The Morgan fingerprint density at radius 1 is 1.55 bits per heavy atom. The van der Waals surface area contributed by atoms with Gasteiger partial charge in [0.2, 0.25) is 15.9 Å². The topological polar surface area (TPSA) is 95.2 Å². The maximum absolute atomic E-state index is 12.3. The van der Waals surface area contributed by atoms with Crippen molar-refractivity contribution in [3.63, 3.8) is 0 Å². The van der Waals surface area contributed by atoms with Crippen LogP contribution in [0.25, 0.3) is 0 Å². The first kappa shape index (κ1) is 15.0. The average Bonchev–Trinajstić information content (AvgIpc) is 2.91. The number of hydrogen-bond donors (Lipinski definition) is 2. The number of carbonyl (C=O) groups is 1. The van der Waals surface area contributed by atoms with E-state index >= 15 is 0 Å². The second-order valence-corrected chi connectivity index (χ2v) is 7.03. The minimum absolute atomic E-state index is 0.265. The number of aromatic nitrogens is 2. The Bertz CT molecular complexity index is 555. The van der Waals surface area contributed by atoms with Gasteiger partial charge in [0.25, 0.3) is 0 Å². The van der Waals surface area contributed by atoms with Crippen LogP contribution >= 0.6 is 0 Å². The van der Waals surface area contributed by atoms with Crippen LogP contribution in [0.15, 0.2) is 12.4 Å². The molecule has 0 radical (unpaired) electrons. The monoisotopic (exact) mass is 300 g/mol. The van der Waals surface area contributed by atoms with Crippen LogP contribution in [-0.4, -0.2) is 47.4 Å². The first-order valence-electron chi connectivity index (χ1n) is 6.66. The number of carbonyl (C=O) groups excluding carboxylic acids is 1. The quantitative estimate of drug-likeness (QED) is 0.841. The molecule has 7 nitrogen and oxygen atoms in total. The number of imidazole rings is 1. The van der Waals surface area contributed by atoms with Crippen molar-refractivity contribution in [2.45, 2.75) is 38.3 Å². The Hall–Kier alpha value is -1.41. The van der Waals surface area contributed by atoms with Gasteiger partial charge in [-0.2, -0.15) is 4.31 Å². The second-order valence-electron chi connectivity index (χ2n) is 5.09. The fraction of sp³-hybridized carbons (Fsp3) is 0.667. The third-order valence-corrected chi connectivity index (χ3v) is 4.76. The molecule has 1 aliphatic heterocycles. The SMILES string of the molecule is CC(NC(=O)C1CCCCN1S(C)(=O)=O)c1ncc[nH]1. The van der Waals surface area contributed by atoms with Crippen LogP contribution in [0.5, 0.6) is 0 Å². The summed E-state index contributed by atoms with van der Waals surface area (Å²) in [7, 11) is -3.36. The summed E-state index contributed by atoms with van der Waals surface area (Å²) in [6.07, 6.45) is 6.66. The van der Waals surface area contributed by atoms with E-state index in [9.17, 15) is 13.2 Å². The van der Waals surface area contributed by atoms with Crippen LogP contribution in [0.2, 0.25) is 0 Å². The highest BCUT2D eigenvalue weighted by atomic mass is 32.2. The van der Waals surface area contributed by atoms with Crippen molar-refractivity contribution >= 4 is 15.9 Å². The van der Waals surface area contributed by atoms with Gasteiger partial charge < -0.3 is 10.3 Å². The standard InChI is InChI=1S/C12H20N4O3S/c1-9(11-13-6-7-14-11)15-12(17)10-5-3-4-8-16(10)20(2,18)19/h6-7,9-10H,3-5,8H2,1-2H3,(H,13,14)(H,15,17). The molecule has 8 heteroatoms. The molecule has 112 valence electrons. The van der Waals surface area contributed by atoms with Gasteiger partial charge in [0.1, 0.15) is 11.9 Å². The number of hydrogen-bond acceptors (Lipinski definition) is 4. The zero-order valence-electron chi connectivity index (χ0n) is 11.7. The molecule has 2 atom stereocenters. The number of nitrogens with zero attached hydrogens (tertiary/aromatic N) is 2. The first-order chi connectivity index (χ1) is 9.39. The molecule has 2 heterocycles. The normalized spacial score (nSPS) is 22.4. The fourth-order valence-electron chi connectivity index (χ4n) is 2.46. The largest absolute Gasteiger partial charge is 0.347 e. The van der Waals surface area contributed by atoms with Crippen LogP contribution in [-0.2, 0) is 14.8 Å². The number of sulfonamides is 1. The maximum Gasteiger partial charge on any atom is 0.239 e. The molecule has 0 aliphatic carbocycles. The molecule has 0 aromatic carbocycles. The molecular weight excluding hydrogens is 280 g/mol. The van der Waals surface area contributed by atoms with Crippen molar-refractivity contribution in [1.29, 1.82) is 0 Å². The van der Waals surface area contributed by atoms with Gasteiger partial charge in [-0.05, 0) is 19.8 Å². The Morgan fingerprint density at radius 3 is 2.90 bits per heavy atom. The molecule has 1 amide bonds. The second kappa shape index (κ2) is 5.92. The summed E-state index contributed by atoms with van der Waals surface area (Å²) in [5.74, 6) is 0.388. The van der Waals surface area contributed by atoms with Crippen molar-refractivity contribution < 1.29 is 13.2 Å². The van der Waals surface area contributed by atoms with Crippen molar-refractivity contribution in [3.8, 4) is 0 Å². The highest BCUT2D eigenvalue weighted by molar-refractivity contribution is 7.88. The molecule has 20 heavy (non-hydrogen) atoms. The van der Waals surface area contributed by atoms with Crippen molar-refractivity contribution in [2.24, 2.45) is 0 Å². The van der Waals surface area contributed by atoms with Gasteiger partial charge in [0.15, 0.2) is 0 Å². The van der Waals surface area contributed by atoms with Gasteiger partial charge in [-0.25, -0.2) is 13.4 Å². The Morgan fingerprint density at radius 2 is 2.30 bits per heavy atom. The number of aromatic amines is 1. The molecule has 2 unspecified atom stereocenters. The molecule has 1 fully saturated rings. The van der Waals surface area contributed by atoms with Crippen molar-refractivity contribution in [2.75, 3.05) is 12.8 Å². The van der Waals surface area contributed by atoms with E-state index in [1.807, 2.05) is 6.92 Å². The molecule has 0 spiro atoms. The predicted molar refractivity (Wildman–Crippen MR) is 74.3 cm³/mol. The van der Waals surface area contributed by atoms with Gasteiger partial charge in [-0.1, -0.05) is 6.42 Å². The van der Waals surface area contributed by atoms with E-state index in [0.717, 1.165) is 19.1 Å². The van der Waals surface area contributed by atoms with E-state index in [-0.39, 0.29) is 11.9 Å². The molecule has 0 bridgehead atoms. The third kappa shape index (κ3) is 3.37. The Kier molecular flexibility index (Phi) is 4.44. The van der Waals surface area contributed by atoms with Crippen molar-refractivity contribution in [1.82, 2.24) is 19.6 Å². The summed E-state index contributed by atoms with van der Waals surface area (Å²) in [6.45, 7) is 2.22. The zero-order valence-corrected chi connectivity index (χ0v) is 12.5. The van der Waals surface area contributed by atoms with Crippen molar-refractivity contribution in [3.05, 3.63) is 18.2 Å². The predicted octanol–water partition coefficient (Wildman–Crippen LogP) is 0.401. The summed E-state index contributed by atoms with van der Waals surface area (Å²) in [5.41, 5.74) is 0. The smallest absolute Gasteiger partial charge is 0.239 e. The van der Waals surface area contributed by atoms with E-state index in [0.29, 0.717) is 18.8 Å². The highest BCUT2D eigenvalue weighted by Crippen LogP contribution is 2.20. The molecule has 2 N–H and O–H groups in total. The number of nitrogens with one attached hydrogen (secondary N) is 2. The minimum atomic E-state index is -3.36. The van der Waals surface area contributed by atoms with E-state index in [4.69, 9.17) is 0 Å². The van der Waals surface area contributed by atoms with Gasteiger partial charge in [0.05, 0.1) is 12.3 Å². The average molecular weight is 300 g/mol. The lowest BCUT2D eigenvalue weighted by molar-refractivity contribution is -0.126. The van der Waals surface area contributed by atoms with Gasteiger partial charge in [-0.3, -0.25) is 4.79 Å². The summed E-state index contributed by atoms with van der Waals surface area (Å²) in [6, 6.07) is -0.892. The van der Waals surface area contributed by atoms with Gasteiger partial charge in [-0.15, -0.1) is 0 Å². The van der Waals surface area contributed by atoms with Crippen LogP contribution in [0.3, 0.4) is 0 Å². The fourth-order valence-corrected chi connectivity index (χ4v) is 3.58. The van der Waals surface area contributed by atoms with Gasteiger partial charge in [0, 0.05) is 18.9 Å². The summed E-state index contributed by atoms with van der Waals surface area (Å²) in [5, 5.41) is 2.82. The third-order valence-electron chi connectivity index (χ3n) is 3.47. The van der Waals surface area contributed by atoms with Crippen LogP contribution < -0.4 is 5.32 Å². The van der Waals surface area contributed by atoms with E-state index in [1.54, 1.807) is 12.4 Å². The van der Waals surface area contributed by atoms with Crippen LogP contribution in [0.1, 0.15) is 38.1 Å². The lowest BCUT2D eigenvalue weighted by atomic mass is 10.0. The molecule has 2 rings (SSSR count). The highest BCUT2D eigenvalue weighted by Gasteiger charge is 2.34. The van der Waals surface area contributed by atoms with E-state index in [2.05, 4.69) is 15.3 Å².